The summed E-state index contributed by atoms with van der Waals surface area (Å²) in [6, 6.07) is 3.41. The highest BCUT2D eigenvalue weighted by atomic mass is 32.2. The molecule has 1 heterocycles. The monoisotopic (exact) mass is 381 g/mol. The number of rotatable bonds is 5. The maximum absolute atomic E-state index is 13.0. The van der Waals surface area contributed by atoms with Crippen LogP contribution in [0.15, 0.2) is 23.1 Å². The van der Waals surface area contributed by atoms with Crippen molar-refractivity contribution < 1.29 is 36.2 Å². The Bertz CT molecular complexity index is 761. The Morgan fingerprint density at radius 3 is 2.56 bits per heavy atom. The van der Waals surface area contributed by atoms with Crippen LogP contribution in [-0.4, -0.2) is 38.3 Å². The Morgan fingerprint density at radius 1 is 1.40 bits per heavy atom. The van der Waals surface area contributed by atoms with Crippen molar-refractivity contribution in [2.45, 2.75) is 37.4 Å². The SMILES string of the molecule is CC(C)CNS(=O)(=O)c1ccc2c(c1)CC(C(=O)O)C(C(F)(F)F)O2. The molecule has 1 aliphatic rings. The standard InChI is InChI=1S/C15H18F3NO5S/c1-8(2)7-19-25(22,23)10-3-4-12-9(5-10)6-11(14(20)21)13(24-12)15(16,17)18/h3-5,8,11,13,19H,6-7H2,1-2H3,(H,20,21). The predicted molar refractivity (Wildman–Crippen MR) is 81.8 cm³/mol. The first-order chi connectivity index (χ1) is 11.4. The molecule has 0 radical (unpaired) electrons. The van der Waals surface area contributed by atoms with Crippen LogP contribution in [0.1, 0.15) is 19.4 Å². The molecule has 1 aliphatic heterocycles. The summed E-state index contributed by atoms with van der Waals surface area (Å²) < 4.78 is 70.6. The third kappa shape index (κ3) is 4.43. The van der Waals surface area contributed by atoms with E-state index in [0.717, 1.165) is 18.2 Å². The van der Waals surface area contributed by atoms with Crippen LogP contribution in [-0.2, 0) is 21.2 Å². The first-order valence-electron chi connectivity index (χ1n) is 7.50. The minimum atomic E-state index is -4.84. The molecule has 6 nitrogen and oxygen atoms in total. The molecule has 2 rings (SSSR count). The lowest BCUT2D eigenvalue weighted by molar-refractivity contribution is -0.217. The molecule has 10 heteroatoms. The summed E-state index contributed by atoms with van der Waals surface area (Å²) in [6.45, 7) is 3.83. The van der Waals surface area contributed by atoms with Crippen molar-refractivity contribution in [3.8, 4) is 5.75 Å². The molecule has 0 bridgehead atoms. The fourth-order valence-corrected chi connectivity index (χ4v) is 3.70. The number of sulfonamides is 1. The van der Waals surface area contributed by atoms with Crippen LogP contribution < -0.4 is 9.46 Å². The molecule has 2 N–H and O–H groups in total. The van der Waals surface area contributed by atoms with Gasteiger partial charge in [0.25, 0.3) is 0 Å². The number of carbonyl (C=O) groups is 1. The zero-order valence-corrected chi connectivity index (χ0v) is 14.3. The van der Waals surface area contributed by atoms with Crippen molar-refractivity contribution in [1.29, 1.82) is 0 Å². The average molecular weight is 381 g/mol. The molecule has 2 unspecified atom stereocenters. The third-order valence-corrected chi connectivity index (χ3v) is 5.14. The number of hydrogen-bond donors (Lipinski definition) is 2. The van der Waals surface area contributed by atoms with Crippen molar-refractivity contribution in [3.63, 3.8) is 0 Å². The molecule has 0 saturated carbocycles. The highest BCUT2D eigenvalue weighted by molar-refractivity contribution is 7.89. The Morgan fingerprint density at radius 2 is 2.04 bits per heavy atom. The summed E-state index contributed by atoms with van der Waals surface area (Å²) in [7, 11) is -3.84. The van der Waals surface area contributed by atoms with Gasteiger partial charge < -0.3 is 9.84 Å². The lowest BCUT2D eigenvalue weighted by Gasteiger charge is -2.32. The Kier molecular flexibility index (Phi) is 5.33. The lowest BCUT2D eigenvalue weighted by atomic mass is 9.90. The molecule has 140 valence electrons. The van der Waals surface area contributed by atoms with Crippen molar-refractivity contribution in [2.24, 2.45) is 11.8 Å². The van der Waals surface area contributed by atoms with Gasteiger partial charge in [-0.2, -0.15) is 13.2 Å². The number of halogens is 3. The second-order valence-corrected chi connectivity index (χ2v) is 8.01. The molecule has 25 heavy (non-hydrogen) atoms. The third-order valence-electron chi connectivity index (χ3n) is 3.72. The van der Waals surface area contributed by atoms with Gasteiger partial charge in [0.05, 0.1) is 4.90 Å². The van der Waals surface area contributed by atoms with Gasteiger partial charge in [-0.1, -0.05) is 13.8 Å². The van der Waals surface area contributed by atoms with E-state index < -0.39 is 40.6 Å². The summed E-state index contributed by atoms with van der Waals surface area (Å²) in [4.78, 5) is 11.0. The van der Waals surface area contributed by atoms with E-state index in [1.54, 1.807) is 0 Å². The van der Waals surface area contributed by atoms with Crippen LogP contribution in [0.25, 0.3) is 0 Å². The molecule has 0 aromatic heterocycles. The number of ether oxygens (including phenoxy) is 1. The number of aliphatic carboxylic acids is 1. The van der Waals surface area contributed by atoms with E-state index in [4.69, 9.17) is 9.84 Å². The smallest absolute Gasteiger partial charge is 0.426 e. The van der Waals surface area contributed by atoms with E-state index >= 15 is 0 Å². The van der Waals surface area contributed by atoms with Crippen LogP contribution in [0.3, 0.4) is 0 Å². The zero-order valence-electron chi connectivity index (χ0n) is 13.5. The first kappa shape index (κ1) is 19.5. The molecular formula is C15H18F3NO5S. The predicted octanol–water partition coefficient (Wildman–Crippen LogP) is 2.19. The number of hydrogen-bond acceptors (Lipinski definition) is 4. The second kappa shape index (κ2) is 6.83. The molecule has 0 spiro atoms. The Labute approximate surface area is 143 Å². The molecule has 1 aromatic rings. The van der Waals surface area contributed by atoms with Crippen LogP contribution in [0.4, 0.5) is 13.2 Å². The van der Waals surface area contributed by atoms with E-state index in [9.17, 15) is 26.4 Å². The number of fused-ring (bicyclic) bond motifs is 1. The maximum Gasteiger partial charge on any atom is 0.426 e. The van der Waals surface area contributed by atoms with Crippen molar-refractivity contribution in [2.75, 3.05) is 6.54 Å². The van der Waals surface area contributed by atoms with E-state index in [1.807, 2.05) is 13.8 Å². The van der Waals surface area contributed by atoms with E-state index in [1.165, 1.54) is 0 Å². The van der Waals surface area contributed by atoms with Crippen molar-refractivity contribution in [1.82, 2.24) is 4.72 Å². The number of nitrogens with one attached hydrogen (secondary N) is 1. The van der Waals surface area contributed by atoms with E-state index in [-0.39, 0.29) is 28.7 Å². The quantitative estimate of drug-likeness (QED) is 0.816. The minimum absolute atomic E-state index is 0.0691. The minimum Gasteiger partial charge on any atom is -0.481 e. The topological polar surface area (TPSA) is 92.7 Å². The second-order valence-electron chi connectivity index (χ2n) is 6.24. The maximum atomic E-state index is 13.0. The van der Waals surface area contributed by atoms with Gasteiger partial charge in [-0.15, -0.1) is 0 Å². The molecule has 0 amide bonds. The molecule has 2 atom stereocenters. The van der Waals surface area contributed by atoms with E-state index in [2.05, 4.69) is 4.72 Å². The lowest BCUT2D eigenvalue weighted by Crippen LogP contribution is -2.47. The fourth-order valence-electron chi connectivity index (χ4n) is 2.43. The number of alkyl halides is 3. The van der Waals surface area contributed by atoms with Gasteiger partial charge in [0.15, 0.2) is 0 Å². The Balaban J connectivity index is 2.35. The van der Waals surface area contributed by atoms with E-state index in [0.29, 0.717) is 0 Å². The summed E-state index contributed by atoms with van der Waals surface area (Å²) in [6.07, 6.45) is -7.79. The van der Waals surface area contributed by atoms with Gasteiger partial charge in [-0.3, -0.25) is 4.79 Å². The molecule has 1 aromatic carbocycles. The molecule has 0 fully saturated rings. The Hall–Kier alpha value is -1.81. The summed E-state index contributed by atoms with van der Waals surface area (Å²) in [5.41, 5.74) is 0.111. The first-order valence-corrected chi connectivity index (χ1v) is 8.99. The van der Waals surface area contributed by atoms with Crippen molar-refractivity contribution >= 4 is 16.0 Å². The van der Waals surface area contributed by atoms with Crippen LogP contribution in [0.5, 0.6) is 5.75 Å². The fraction of sp³-hybridized carbons (Fsp3) is 0.533. The highest BCUT2D eigenvalue weighted by Crippen LogP contribution is 2.39. The van der Waals surface area contributed by atoms with Crippen LogP contribution in [0, 0.1) is 11.8 Å². The number of carboxylic acids is 1. The van der Waals surface area contributed by atoms with Crippen LogP contribution in [0.2, 0.25) is 0 Å². The highest BCUT2D eigenvalue weighted by Gasteiger charge is 2.52. The largest absolute Gasteiger partial charge is 0.481 e. The number of carboxylic acid groups (broad SMARTS) is 1. The number of benzene rings is 1. The zero-order chi connectivity index (χ0) is 19.0. The van der Waals surface area contributed by atoms with Gasteiger partial charge in [0, 0.05) is 6.54 Å². The summed E-state index contributed by atoms with van der Waals surface area (Å²) in [5, 5.41) is 9.06. The van der Waals surface area contributed by atoms with Gasteiger partial charge >= 0.3 is 12.1 Å². The molecular weight excluding hydrogens is 363 g/mol. The normalized spacial score (nSPS) is 20.9. The summed E-state index contributed by atoms with van der Waals surface area (Å²) in [5.74, 6) is -3.59. The van der Waals surface area contributed by atoms with Gasteiger partial charge in [-0.25, -0.2) is 13.1 Å². The van der Waals surface area contributed by atoms with Crippen molar-refractivity contribution in [3.05, 3.63) is 23.8 Å². The average Bonchev–Trinajstić information content (AvgIpc) is 2.50. The molecule has 0 saturated heterocycles. The summed E-state index contributed by atoms with van der Waals surface area (Å²) >= 11 is 0. The van der Waals surface area contributed by atoms with Gasteiger partial charge in [-0.05, 0) is 36.1 Å². The van der Waals surface area contributed by atoms with Crippen LogP contribution >= 0.6 is 0 Å². The molecule has 0 aliphatic carbocycles. The van der Waals surface area contributed by atoms with Gasteiger partial charge in [0.2, 0.25) is 16.1 Å². The van der Waals surface area contributed by atoms with Gasteiger partial charge in [0.1, 0.15) is 11.7 Å².